The average Bonchev–Trinajstić information content (AvgIpc) is 2.59. The second kappa shape index (κ2) is 9.30. The van der Waals surface area contributed by atoms with E-state index in [9.17, 15) is 13.2 Å². The molecule has 1 amide bonds. The van der Waals surface area contributed by atoms with Gasteiger partial charge in [-0.25, -0.2) is 13.1 Å². The number of piperidine rings is 1. The molecule has 1 aliphatic rings. The van der Waals surface area contributed by atoms with E-state index in [1.165, 1.54) is 36.8 Å². The van der Waals surface area contributed by atoms with Gasteiger partial charge in [-0.15, -0.1) is 6.58 Å². The molecule has 0 spiro atoms. The molecule has 1 aliphatic heterocycles. The maximum atomic E-state index is 12.2. The summed E-state index contributed by atoms with van der Waals surface area (Å²) in [6.45, 7) is 11.7. The number of hydrogen-bond acceptors (Lipinski definition) is 4. The van der Waals surface area contributed by atoms with Crippen LogP contribution < -0.4 is 10.0 Å². The lowest BCUT2D eigenvalue weighted by molar-refractivity contribution is 0.0936. The molecule has 26 heavy (non-hydrogen) atoms. The van der Waals surface area contributed by atoms with Gasteiger partial charge in [0.2, 0.25) is 10.0 Å². The van der Waals surface area contributed by atoms with Crippen LogP contribution in [-0.2, 0) is 10.0 Å². The fourth-order valence-corrected chi connectivity index (χ4v) is 4.44. The molecule has 1 saturated heterocycles. The smallest absolute Gasteiger partial charge is 0.251 e. The van der Waals surface area contributed by atoms with Gasteiger partial charge in [0, 0.05) is 38.3 Å². The number of likely N-dealkylation sites (tertiary alicyclic amines) is 1. The van der Waals surface area contributed by atoms with Gasteiger partial charge in [-0.05, 0) is 42.5 Å². The van der Waals surface area contributed by atoms with Crippen molar-refractivity contribution in [1.29, 1.82) is 0 Å². The SMILES string of the molecule is C=CCNS(=O)(=O)c1ccc(C(=O)NCCN2C[C@@H](C)C[C@H](C)C2)cc1. The van der Waals surface area contributed by atoms with E-state index >= 15 is 0 Å². The van der Waals surface area contributed by atoms with Crippen LogP contribution in [0.3, 0.4) is 0 Å². The molecule has 0 bridgehead atoms. The predicted molar refractivity (Wildman–Crippen MR) is 104 cm³/mol. The van der Waals surface area contributed by atoms with Crippen molar-refractivity contribution >= 4 is 15.9 Å². The number of benzene rings is 1. The van der Waals surface area contributed by atoms with Crippen molar-refractivity contribution < 1.29 is 13.2 Å². The summed E-state index contributed by atoms with van der Waals surface area (Å²) in [6.07, 6.45) is 2.74. The van der Waals surface area contributed by atoms with Crippen molar-refractivity contribution in [1.82, 2.24) is 14.9 Å². The normalized spacial score (nSPS) is 21.3. The molecule has 1 heterocycles. The van der Waals surface area contributed by atoms with Crippen LogP contribution in [0.4, 0.5) is 0 Å². The molecule has 2 N–H and O–H groups in total. The molecule has 0 radical (unpaired) electrons. The Hall–Kier alpha value is -1.70. The van der Waals surface area contributed by atoms with Crippen molar-refractivity contribution in [2.45, 2.75) is 25.2 Å². The molecule has 1 aromatic carbocycles. The molecule has 0 saturated carbocycles. The fourth-order valence-electron chi connectivity index (χ4n) is 3.44. The first-order valence-electron chi connectivity index (χ1n) is 9.03. The summed E-state index contributed by atoms with van der Waals surface area (Å²) < 4.78 is 26.4. The number of sulfonamides is 1. The predicted octanol–water partition coefficient (Wildman–Crippen LogP) is 1.86. The van der Waals surface area contributed by atoms with Crippen LogP contribution in [0.25, 0.3) is 0 Å². The third kappa shape index (κ3) is 5.93. The molecule has 0 aliphatic carbocycles. The summed E-state index contributed by atoms with van der Waals surface area (Å²) in [4.78, 5) is 14.8. The zero-order valence-corrected chi connectivity index (χ0v) is 16.4. The van der Waals surface area contributed by atoms with Crippen LogP contribution in [-0.4, -0.2) is 51.9 Å². The topological polar surface area (TPSA) is 78.5 Å². The summed E-state index contributed by atoms with van der Waals surface area (Å²) in [5.41, 5.74) is 0.452. The third-order valence-corrected chi connectivity index (χ3v) is 5.94. The number of nitrogens with zero attached hydrogens (tertiary/aromatic N) is 1. The summed E-state index contributed by atoms with van der Waals surface area (Å²) in [7, 11) is -3.57. The largest absolute Gasteiger partial charge is 0.351 e. The average molecular weight is 380 g/mol. The standard InChI is InChI=1S/C19H29N3O3S/c1-4-9-21-26(24,25)18-7-5-17(6-8-18)19(23)20-10-11-22-13-15(2)12-16(3)14-22/h4-8,15-16,21H,1,9-14H2,2-3H3,(H,20,23)/t15-,16-/m0/s1. The van der Waals surface area contributed by atoms with Crippen molar-refractivity contribution in [2.75, 3.05) is 32.7 Å². The molecule has 1 aromatic rings. The van der Waals surface area contributed by atoms with E-state index in [1.54, 1.807) is 0 Å². The minimum atomic E-state index is -3.57. The van der Waals surface area contributed by atoms with Gasteiger partial charge in [-0.1, -0.05) is 19.9 Å². The van der Waals surface area contributed by atoms with Crippen molar-refractivity contribution in [2.24, 2.45) is 11.8 Å². The lowest BCUT2D eigenvalue weighted by Crippen LogP contribution is -2.42. The molecular formula is C19H29N3O3S. The summed E-state index contributed by atoms with van der Waals surface area (Å²) in [5.74, 6) is 1.20. The van der Waals surface area contributed by atoms with Gasteiger partial charge < -0.3 is 10.2 Å². The van der Waals surface area contributed by atoms with Crippen LogP contribution in [0.2, 0.25) is 0 Å². The van der Waals surface area contributed by atoms with Gasteiger partial charge in [0.1, 0.15) is 0 Å². The molecule has 7 heteroatoms. The van der Waals surface area contributed by atoms with Crippen LogP contribution >= 0.6 is 0 Å². The van der Waals surface area contributed by atoms with Crippen LogP contribution in [0.5, 0.6) is 0 Å². The molecule has 2 atom stereocenters. The molecule has 1 fully saturated rings. The van der Waals surface area contributed by atoms with Gasteiger partial charge in [0.05, 0.1) is 4.90 Å². The van der Waals surface area contributed by atoms with Gasteiger partial charge in [-0.3, -0.25) is 4.79 Å². The summed E-state index contributed by atoms with van der Waals surface area (Å²) in [5, 5.41) is 2.91. The van der Waals surface area contributed by atoms with Gasteiger partial charge in [0.25, 0.3) is 5.91 Å². The van der Waals surface area contributed by atoms with Crippen LogP contribution in [0.15, 0.2) is 41.8 Å². The Bertz CT molecular complexity index is 706. The van der Waals surface area contributed by atoms with E-state index in [2.05, 4.69) is 35.4 Å². The molecule has 0 aromatic heterocycles. The minimum absolute atomic E-state index is 0.132. The van der Waals surface area contributed by atoms with E-state index in [0.717, 1.165) is 19.6 Å². The number of amides is 1. The minimum Gasteiger partial charge on any atom is -0.351 e. The van der Waals surface area contributed by atoms with Crippen molar-refractivity contribution in [3.63, 3.8) is 0 Å². The van der Waals surface area contributed by atoms with E-state index < -0.39 is 10.0 Å². The molecule has 0 unspecified atom stereocenters. The fraction of sp³-hybridized carbons (Fsp3) is 0.526. The Labute approximate surface area is 156 Å². The molecule has 6 nitrogen and oxygen atoms in total. The van der Waals surface area contributed by atoms with Crippen molar-refractivity contribution in [3.05, 3.63) is 42.5 Å². The lowest BCUT2D eigenvalue weighted by Gasteiger charge is -2.34. The summed E-state index contributed by atoms with van der Waals surface area (Å²) in [6, 6.07) is 5.94. The monoisotopic (exact) mass is 379 g/mol. The zero-order valence-electron chi connectivity index (χ0n) is 15.6. The Balaban J connectivity index is 1.85. The highest BCUT2D eigenvalue weighted by atomic mass is 32.2. The first-order valence-corrected chi connectivity index (χ1v) is 10.5. The van der Waals surface area contributed by atoms with Gasteiger partial charge in [-0.2, -0.15) is 0 Å². The highest BCUT2D eigenvalue weighted by Gasteiger charge is 2.21. The van der Waals surface area contributed by atoms with E-state index in [4.69, 9.17) is 0 Å². The Morgan fingerprint density at radius 1 is 1.23 bits per heavy atom. The maximum Gasteiger partial charge on any atom is 0.251 e. The van der Waals surface area contributed by atoms with E-state index in [1.807, 2.05) is 0 Å². The highest BCUT2D eigenvalue weighted by molar-refractivity contribution is 7.89. The lowest BCUT2D eigenvalue weighted by atomic mass is 9.92. The van der Waals surface area contributed by atoms with Crippen LogP contribution in [0, 0.1) is 11.8 Å². The highest BCUT2D eigenvalue weighted by Crippen LogP contribution is 2.20. The van der Waals surface area contributed by atoms with Crippen molar-refractivity contribution in [3.8, 4) is 0 Å². The quantitative estimate of drug-likeness (QED) is 0.676. The number of carbonyl (C=O) groups excluding carboxylic acids is 1. The summed E-state index contributed by atoms with van der Waals surface area (Å²) >= 11 is 0. The zero-order chi connectivity index (χ0) is 19.2. The number of hydrogen-bond donors (Lipinski definition) is 2. The third-order valence-electron chi connectivity index (χ3n) is 4.50. The van der Waals surface area contributed by atoms with Crippen LogP contribution in [0.1, 0.15) is 30.6 Å². The second-order valence-corrected chi connectivity index (χ2v) is 8.89. The van der Waals surface area contributed by atoms with E-state index in [-0.39, 0.29) is 17.3 Å². The molecular weight excluding hydrogens is 350 g/mol. The number of carbonyl (C=O) groups is 1. The Morgan fingerprint density at radius 2 is 1.85 bits per heavy atom. The molecule has 2 rings (SSSR count). The first kappa shape index (κ1) is 20.6. The van der Waals surface area contributed by atoms with E-state index in [0.29, 0.717) is 23.9 Å². The maximum absolute atomic E-state index is 12.2. The Kier molecular flexibility index (Phi) is 7.37. The van der Waals surface area contributed by atoms with Gasteiger partial charge in [0.15, 0.2) is 0 Å². The van der Waals surface area contributed by atoms with Gasteiger partial charge >= 0.3 is 0 Å². The molecule has 144 valence electrons. The first-order chi connectivity index (χ1) is 12.3. The number of nitrogens with one attached hydrogen (secondary N) is 2. The Morgan fingerprint density at radius 3 is 2.42 bits per heavy atom. The number of rotatable bonds is 8. The second-order valence-electron chi connectivity index (χ2n) is 7.13.